The fourth-order valence-electron chi connectivity index (χ4n) is 4.57. The van der Waals surface area contributed by atoms with Crippen molar-refractivity contribution in [3.05, 3.63) is 77.3 Å². The predicted octanol–water partition coefficient (Wildman–Crippen LogP) is 5.39. The summed E-state index contributed by atoms with van der Waals surface area (Å²) in [7, 11) is 0. The molecule has 0 radical (unpaired) electrons. The molecule has 1 aliphatic heterocycles. The number of esters is 1. The monoisotopic (exact) mass is 431 g/mol. The number of rotatable bonds is 5. The number of allylic oxidation sites excluding steroid dienone is 1. The molecular formula is C27H26FNO3. The highest BCUT2D eigenvalue weighted by Crippen LogP contribution is 2.42. The van der Waals surface area contributed by atoms with Crippen LogP contribution in [0, 0.1) is 12.7 Å². The summed E-state index contributed by atoms with van der Waals surface area (Å²) in [6.45, 7) is 1.92. The van der Waals surface area contributed by atoms with E-state index in [1.807, 2.05) is 37.3 Å². The number of aromatic nitrogens is 1. The van der Waals surface area contributed by atoms with Crippen molar-refractivity contribution >= 4 is 16.9 Å². The molecule has 1 N–H and O–H groups in total. The molecule has 2 fully saturated rings. The van der Waals surface area contributed by atoms with Gasteiger partial charge in [-0.2, -0.15) is 0 Å². The average molecular weight is 432 g/mol. The summed E-state index contributed by atoms with van der Waals surface area (Å²) in [6.07, 6.45) is 6.30. The molecular weight excluding hydrogens is 405 g/mol. The van der Waals surface area contributed by atoms with Crippen molar-refractivity contribution in [2.45, 2.75) is 57.2 Å². The minimum Gasteiger partial charge on any atom is -0.458 e. The number of halogens is 1. The molecule has 1 saturated carbocycles. The third kappa shape index (κ3) is 4.30. The van der Waals surface area contributed by atoms with Crippen LogP contribution in [0.3, 0.4) is 0 Å². The number of fused-ring (bicyclic) bond motifs is 1. The van der Waals surface area contributed by atoms with Crippen molar-refractivity contribution in [2.75, 3.05) is 0 Å². The van der Waals surface area contributed by atoms with Gasteiger partial charge in [0, 0.05) is 23.4 Å². The maximum absolute atomic E-state index is 13.7. The second-order valence-electron chi connectivity index (χ2n) is 8.89. The van der Waals surface area contributed by atoms with Gasteiger partial charge in [-0.3, -0.25) is 9.78 Å². The van der Waals surface area contributed by atoms with Gasteiger partial charge in [-0.05, 0) is 78.8 Å². The van der Waals surface area contributed by atoms with E-state index in [4.69, 9.17) is 9.72 Å². The maximum atomic E-state index is 13.7. The molecule has 32 heavy (non-hydrogen) atoms. The van der Waals surface area contributed by atoms with E-state index in [1.54, 1.807) is 6.07 Å². The van der Waals surface area contributed by atoms with E-state index in [1.165, 1.54) is 18.9 Å². The molecule has 3 aromatic rings. The molecule has 5 rings (SSSR count). The Bertz CT molecular complexity index is 1210. The summed E-state index contributed by atoms with van der Waals surface area (Å²) in [5.41, 5.74) is 6.13. The number of carbonyl (C=O) groups excluding carboxylic acids is 1. The number of aliphatic hydroxyl groups is 1. The van der Waals surface area contributed by atoms with Crippen LogP contribution in [-0.2, 0) is 16.0 Å². The van der Waals surface area contributed by atoms with Gasteiger partial charge in [0.1, 0.15) is 11.9 Å². The third-order valence-electron chi connectivity index (χ3n) is 6.29. The quantitative estimate of drug-likeness (QED) is 0.435. The van der Waals surface area contributed by atoms with E-state index < -0.39 is 12.2 Å². The van der Waals surface area contributed by atoms with Gasteiger partial charge in [-0.15, -0.1) is 0 Å². The number of aryl methyl sites for hydroxylation is 1. The largest absolute Gasteiger partial charge is 0.458 e. The second-order valence-corrected chi connectivity index (χ2v) is 8.89. The highest BCUT2D eigenvalue weighted by molar-refractivity contribution is 5.98. The SMILES string of the molecule is Cc1cc(F)ccc1-c1cccc2nc(C3CC3)cc(C/C=C/[C@@H]3C[C@@H](O)CC(=O)O3)c12. The molecule has 2 heterocycles. The third-order valence-corrected chi connectivity index (χ3v) is 6.29. The lowest BCUT2D eigenvalue weighted by atomic mass is 9.92. The number of nitrogens with zero attached hydrogens (tertiary/aromatic N) is 1. The molecule has 1 aliphatic carbocycles. The summed E-state index contributed by atoms with van der Waals surface area (Å²) in [6, 6.07) is 13.2. The van der Waals surface area contributed by atoms with Crippen LogP contribution < -0.4 is 0 Å². The topological polar surface area (TPSA) is 59.4 Å². The lowest BCUT2D eigenvalue weighted by Gasteiger charge is -2.23. The number of ether oxygens (including phenoxy) is 1. The van der Waals surface area contributed by atoms with Gasteiger partial charge < -0.3 is 9.84 Å². The van der Waals surface area contributed by atoms with E-state index in [2.05, 4.69) is 12.1 Å². The number of cyclic esters (lactones) is 1. The smallest absolute Gasteiger partial charge is 0.309 e. The van der Waals surface area contributed by atoms with Crippen molar-refractivity contribution in [1.82, 2.24) is 4.98 Å². The Morgan fingerprint density at radius 2 is 2.03 bits per heavy atom. The Hall–Kier alpha value is -3.05. The van der Waals surface area contributed by atoms with Crippen LogP contribution in [0.4, 0.5) is 4.39 Å². The van der Waals surface area contributed by atoms with Gasteiger partial charge >= 0.3 is 5.97 Å². The predicted molar refractivity (Wildman–Crippen MR) is 122 cm³/mol. The minimum absolute atomic E-state index is 0.0600. The highest BCUT2D eigenvalue weighted by Gasteiger charge is 2.27. The van der Waals surface area contributed by atoms with Gasteiger partial charge in [0.15, 0.2) is 0 Å². The zero-order valence-corrected chi connectivity index (χ0v) is 18.1. The van der Waals surface area contributed by atoms with Crippen LogP contribution in [0.2, 0.25) is 0 Å². The minimum atomic E-state index is -0.651. The van der Waals surface area contributed by atoms with Crippen LogP contribution >= 0.6 is 0 Å². The van der Waals surface area contributed by atoms with Crippen LogP contribution in [0.15, 0.2) is 54.6 Å². The van der Waals surface area contributed by atoms with E-state index in [9.17, 15) is 14.3 Å². The first-order valence-corrected chi connectivity index (χ1v) is 11.2. The molecule has 2 atom stereocenters. The zero-order chi connectivity index (χ0) is 22.2. The number of pyridine rings is 1. The zero-order valence-electron chi connectivity index (χ0n) is 18.1. The van der Waals surface area contributed by atoms with Crippen LogP contribution in [0.5, 0.6) is 0 Å². The van der Waals surface area contributed by atoms with E-state index >= 15 is 0 Å². The molecule has 5 heteroatoms. The van der Waals surface area contributed by atoms with Crippen molar-refractivity contribution in [3.63, 3.8) is 0 Å². The number of benzene rings is 2. The molecule has 4 nitrogen and oxygen atoms in total. The van der Waals surface area contributed by atoms with Gasteiger partial charge in [0.05, 0.1) is 18.0 Å². The molecule has 0 bridgehead atoms. The standard InChI is InChI=1S/C27H26FNO3/c1-16-12-19(28)10-11-22(16)23-6-3-7-24-27(23)18(13-25(29-24)17-8-9-17)4-2-5-21-14-20(30)15-26(31)32-21/h2-3,5-7,10-13,17,20-21,30H,4,8-9,14-15H2,1H3/b5-2+/t20-,21-/m1/s1. The summed E-state index contributed by atoms with van der Waals surface area (Å²) >= 11 is 0. The Morgan fingerprint density at radius 3 is 2.78 bits per heavy atom. The summed E-state index contributed by atoms with van der Waals surface area (Å²) in [4.78, 5) is 16.6. The molecule has 0 spiro atoms. The van der Waals surface area contributed by atoms with Gasteiger partial charge in [0.2, 0.25) is 0 Å². The van der Waals surface area contributed by atoms with Crippen LogP contribution in [0.25, 0.3) is 22.0 Å². The first-order valence-electron chi connectivity index (χ1n) is 11.2. The number of carbonyl (C=O) groups is 1. The second kappa shape index (κ2) is 8.47. The molecule has 2 aliphatic rings. The fraction of sp³-hybridized carbons (Fsp3) is 0.333. The Kier molecular flexibility index (Phi) is 5.51. The maximum Gasteiger partial charge on any atom is 0.309 e. The average Bonchev–Trinajstić information content (AvgIpc) is 3.58. The summed E-state index contributed by atoms with van der Waals surface area (Å²) < 4.78 is 19.1. The summed E-state index contributed by atoms with van der Waals surface area (Å²) in [5.74, 6) is -0.0846. The van der Waals surface area contributed by atoms with E-state index in [0.717, 1.165) is 38.9 Å². The molecule has 2 aromatic carbocycles. The van der Waals surface area contributed by atoms with Crippen molar-refractivity contribution in [1.29, 1.82) is 0 Å². The molecule has 0 amide bonds. The van der Waals surface area contributed by atoms with Crippen molar-refractivity contribution in [2.24, 2.45) is 0 Å². The summed E-state index contributed by atoms with van der Waals surface area (Å²) in [5, 5.41) is 10.9. The number of aliphatic hydroxyl groups excluding tert-OH is 1. The van der Waals surface area contributed by atoms with Crippen molar-refractivity contribution in [3.8, 4) is 11.1 Å². The molecule has 1 aromatic heterocycles. The van der Waals surface area contributed by atoms with Gasteiger partial charge in [-0.25, -0.2) is 4.39 Å². The Morgan fingerprint density at radius 1 is 1.19 bits per heavy atom. The van der Waals surface area contributed by atoms with Gasteiger partial charge in [-0.1, -0.05) is 24.3 Å². The molecule has 0 unspecified atom stereocenters. The van der Waals surface area contributed by atoms with E-state index in [-0.39, 0.29) is 18.2 Å². The Labute approximate surface area is 186 Å². The number of hydrogen-bond donors (Lipinski definition) is 1. The van der Waals surface area contributed by atoms with Crippen LogP contribution in [-0.4, -0.2) is 28.3 Å². The van der Waals surface area contributed by atoms with E-state index in [0.29, 0.717) is 18.8 Å². The molecule has 1 saturated heterocycles. The van der Waals surface area contributed by atoms with Crippen molar-refractivity contribution < 1.29 is 19.0 Å². The molecule has 164 valence electrons. The fourth-order valence-corrected chi connectivity index (χ4v) is 4.57. The van der Waals surface area contributed by atoms with Crippen LogP contribution in [0.1, 0.15) is 48.4 Å². The lowest BCUT2D eigenvalue weighted by Crippen LogP contribution is -2.31. The van der Waals surface area contributed by atoms with Gasteiger partial charge in [0.25, 0.3) is 0 Å². The Balaban J connectivity index is 1.55. The number of hydrogen-bond acceptors (Lipinski definition) is 4. The normalized spacial score (nSPS) is 21.3. The first kappa shape index (κ1) is 20.8. The highest BCUT2D eigenvalue weighted by atomic mass is 19.1. The lowest BCUT2D eigenvalue weighted by molar-refractivity contribution is -0.156. The first-order chi connectivity index (χ1) is 15.5.